The number of pyridine rings is 1. The number of hydrogen-bond donors (Lipinski definition) is 0. The van der Waals surface area contributed by atoms with Crippen LogP contribution in [0.4, 0.5) is 0 Å². The summed E-state index contributed by atoms with van der Waals surface area (Å²) >= 11 is 0. The van der Waals surface area contributed by atoms with E-state index in [-0.39, 0.29) is 0 Å². The van der Waals surface area contributed by atoms with Crippen LogP contribution in [0.15, 0.2) is 18.6 Å². The summed E-state index contributed by atoms with van der Waals surface area (Å²) < 4.78 is 1.98. The summed E-state index contributed by atoms with van der Waals surface area (Å²) in [5.74, 6) is 0. The summed E-state index contributed by atoms with van der Waals surface area (Å²) in [6.07, 6.45) is 3.59. The summed E-state index contributed by atoms with van der Waals surface area (Å²) in [6, 6.07) is 1.92. The molecular weight excluding hydrogens is 138 g/mol. The molecule has 2 heterocycles. The third-order valence-electron chi connectivity index (χ3n) is 1.81. The van der Waals surface area contributed by atoms with Crippen molar-refractivity contribution in [3.8, 4) is 0 Å². The van der Waals surface area contributed by atoms with Crippen LogP contribution in [0.25, 0.3) is 11.0 Å². The molecule has 0 saturated carbocycles. The number of aromatic nitrogens is 3. The first-order valence-corrected chi connectivity index (χ1v) is 3.51. The molecule has 2 rings (SSSR count). The predicted octanol–water partition coefficient (Wildman–Crippen LogP) is 1.28. The third-order valence-corrected chi connectivity index (χ3v) is 1.81. The van der Waals surface area contributed by atoms with Gasteiger partial charge in [-0.25, -0.2) is 4.98 Å². The highest BCUT2D eigenvalue weighted by Gasteiger charge is 2.01. The zero-order valence-corrected chi connectivity index (χ0v) is 6.57. The molecular formula is C8H9N3. The lowest BCUT2D eigenvalue weighted by Gasteiger charge is -1.96. The van der Waals surface area contributed by atoms with Crippen molar-refractivity contribution < 1.29 is 0 Å². The second kappa shape index (κ2) is 2.05. The second-order valence-electron chi connectivity index (χ2n) is 2.62. The van der Waals surface area contributed by atoms with E-state index < -0.39 is 0 Å². The average molecular weight is 147 g/mol. The Kier molecular flexibility index (Phi) is 1.18. The second-order valence-corrected chi connectivity index (χ2v) is 2.62. The Balaban J connectivity index is 2.96. The standard InChI is InChI=1S/C8H9N3/c1-6-8-7(3-4-9-6)10-5-11(8)2/h3-5H,1-2H3. The van der Waals surface area contributed by atoms with Gasteiger partial charge in [-0.05, 0) is 13.0 Å². The van der Waals surface area contributed by atoms with Gasteiger partial charge in [0.1, 0.15) is 0 Å². The highest BCUT2D eigenvalue weighted by Crippen LogP contribution is 2.12. The first-order valence-electron chi connectivity index (χ1n) is 3.51. The molecule has 0 amide bonds. The highest BCUT2D eigenvalue weighted by molar-refractivity contribution is 5.76. The summed E-state index contributed by atoms with van der Waals surface area (Å²) in [4.78, 5) is 8.38. The lowest BCUT2D eigenvalue weighted by atomic mass is 10.3. The number of hydrogen-bond acceptors (Lipinski definition) is 2. The van der Waals surface area contributed by atoms with Crippen molar-refractivity contribution in [3.05, 3.63) is 24.3 Å². The maximum absolute atomic E-state index is 4.20. The molecule has 0 aliphatic heterocycles. The van der Waals surface area contributed by atoms with Gasteiger partial charge in [0.25, 0.3) is 0 Å². The van der Waals surface area contributed by atoms with E-state index >= 15 is 0 Å². The SMILES string of the molecule is Cc1nccc2ncn(C)c12. The molecule has 0 bridgehead atoms. The molecule has 0 fully saturated rings. The Hall–Kier alpha value is -1.38. The first-order chi connectivity index (χ1) is 5.29. The van der Waals surface area contributed by atoms with Crippen LogP contribution < -0.4 is 0 Å². The van der Waals surface area contributed by atoms with E-state index in [2.05, 4.69) is 9.97 Å². The lowest BCUT2D eigenvalue weighted by molar-refractivity contribution is 0.938. The highest BCUT2D eigenvalue weighted by atomic mass is 15.0. The van der Waals surface area contributed by atoms with Crippen molar-refractivity contribution in [2.45, 2.75) is 6.92 Å². The smallest absolute Gasteiger partial charge is 0.0956 e. The van der Waals surface area contributed by atoms with Crippen LogP contribution in [-0.4, -0.2) is 14.5 Å². The molecule has 0 radical (unpaired) electrons. The van der Waals surface area contributed by atoms with Gasteiger partial charge < -0.3 is 4.57 Å². The molecule has 0 saturated heterocycles. The summed E-state index contributed by atoms with van der Waals surface area (Å²) in [5, 5.41) is 0. The fraction of sp³-hybridized carbons (Fsp3) is 0.250. The van der Waals surface area contributed by atoms with Crippen molar-refractivity contribution >= 4 is 11.0 Å². The van der Waals surface area contributed by atoms with Crippen LogP contribution in [0.1, 0.15) is 5.69 Å². The monoisotopic (exact) mass is 147 g/mol. The zero-order chi connectivity index (χ0) is 7.84. The van der Waals surface area contributed by atoms with Crippen molar-refractivity contribution in [2.75, 3.05) is 0 Å². The fourth-order valence-electron chi connectivity index (χ4n) is 1.29. The van der Waals surface area contributed by atoms with Gasteiger partial charge in [-0.15, -0.1) is 0 Å². The van der Waals surface area contributed by atoms with Gasteiger partial charge in [-0.1, -0.05) is 0 Å². The van der Waals surface area contributed by atoms with Gasteiger partial charge in [-0.2, -0.15) is 0 Å². The Morgan fingerprint density at radius 3 is 2.91 bits per heavy atom. The molecule has 0 atom stereocenters. The minimum absolute atomic E-state index is 1.01. The van der Waals surface area contributed by atoms with Gasteiger partial charge in [0.2, 0.25) is 0 Å². The molecule has 3 heteroatoms. The minimum Gasteiger partial charge on any atom is -0.332 e. The molecule has 0 aliphatic carbocycles. The van der Waals surface area contributed by atoms with Gasteiger partial charge in [-0.3, -0.25) is 4.98 Å². The fourth-order valence-corrected chi connectivity index (χ4v) is 1.29. The van der Waals surface area contributed by atoms with E-state index in [0.717, 1.165) is 16.7 Å². The number of imidazole rings is 1. The van der Waals surface area contributed by atoms with Crippen LogP contribution >= 0.6 is 0 Å². The lowest BCUT2D eigenvalue weighted by Crippen LogP contribution is -1.88. The first kappa shape index (κ1) is 6.34. The van der Waals surface area contributed by atoms with Crippen LogP contribution in [0.2, 0.25) is 0 Å². The number of fused-ring (bicyclic) bond motifs is 1. The predicted molar refractivity (Wildman–Crippen MR) is 43.2 cm³/mol. The Morgan fingerprint density at radius 2 is 2.18 bits per heavy atom. The molecule has 0 spiro atoms. The van der Waals surface area contributed by atoms with E-state index in [9.17, 15) is 0 Å². The minimum atomic E-state index is 1.01. The molecule has 0 unspecified atom stereocenters. The molecule has 0 aliphatic rings. The molecule has 0 aromatic carbocycles. The van der Waals surface area contributed by atoms with Gasteiger partial charge in [0.15, 0.2) is 0 Å². The summed E-state index contributed by atoms with van der Waals surface area (Å²) in [5.41, 5.74) is 3.16. The Labute approximate surface area is 64.7 Å². The quantitative estimate of drug-likeness (QED) is 0.562. The van der Waals surface area contributed by atoms with Gasteiger partial charge in [0, 0.05) is 13.2 Å². The summed E-state index contributed by atoms with van der Waals surface area (Å²) in [7, 11) is 1.98. The van der Waals surface area contributed by atoms with E-state index in [1.165, 1.54) is 0 Å². The molecule has 2 aromatic heterocycles. The van der Waals surface area contributed by atoms with Gasteiger partial charge in [0.05, 0.1) is 23.1 Å². The van der Waals surface area contributed by atoms with E-state index in [1.807, 2.05) is 24.6 Å². The summed E-state index contributed by atoms with van der Waals surface area (Å²) in [6.45, 7) is 1.99. The van der Waals surface area contributed by atoms with E-state index in [4.69, 9.17) is 0 Å². The normalized spacial score (nSPS) is 10.7. The van der Waals surface area contributed by atoms with E-state index in [1.54, 1.807) is 12.5 Å². The number of nitrogens with zero attached hydrogens (tertiary/aromatic N) is 3. The Morgan fingerprint density at radius 1 is 1.36 bits per heavy atom. The topological polar surface area (TPSA) is 30.7 Å². The third kappa shape index (κ3) is 0.808. The number of aryl methyl sites for hydroxylation is 2. The van der Waals surface area contributed by atoms with Crippen LogP contribution in [0, 0.1) is 6.92 Å². The molecule has 56 valence electrons. The van der Waals surface area contributed by atoms with E-state index in [0.29, 0.717) is 0 Å². The van der Waals surface area contributed by atoms with Crippen molar-refractivity contribution in [1.29, 1.82) is 0 Å². The van der Waals surface area contributed by atoms with Crippen LogP contribution in [0.3, 0.4) is 0 Å². The van der Waals surface area contributed by atoms with Crippen LogP contribution in [-0.2, 0) is 7.05 Å². The van der Waals surface area contributed by atoms with Crippen LogP contribution in [0.5, 0.6) is 0 Å². The number of rotatable bonds is 0. The van der Waals surface area contributed by atoms with Crippen molar-refractivity contribution in [2.24, 2.45) is 7.05 Å². The maximum atomic E-state index is 4.20. The molecule has 0 N–H and O–H groups in total. The molecule has 3 nitrogen and oxygen atoms in total. The largest absolute Gasteiger partial charge is 0.332 e. The zero-order valence-electron chi connectivity index (χ0n) is 6.57. The van der Waals surface area contributed by atoms with Crippen molar-refractivity contribution in [1.82, 2.24) is 14.5 Å². The molecule has 11 heavy (non-hydrogen) atoms. The maximum Gasteiger partial charge on any atom is 0.0956 e. The van der Waals surface area contributed by atoms with Crippen molar-refractivity contribution in [3.63, 3.8) is 0 Å². The molecule has 2 aromatic rings. The van der Waals surface area contributed by atoms with Gasteiger partial charge >= 0.3 is 0 Å². The average Bonchev–Trinajstić information content (AvgIpc) is 2.34. The Bertz CT molecular complexity index is 389.